The summed E-state index contributed by atoms with van der Waals surface area (Å²) in [5, 5.41) is 26.3. The number of hydrogen-bond donors (Lipinski definition) is 3. The Labute approximate surface area is 335 Å². The van der Waals surface area contributed by atoms with Gasteiger partial charge in [0.25, 0.3) is 0 Å². The van der Waals surface area contributed by atoms with Gasteiger partial charge in [-0.05, 0) is 87.4 Å². The molecule has 0 aliphatic rings. The van der Waals surface area contributed by atoms with Gasteiger partial charge in [-0.25, -0.2) is 4.79 Å². The minimum absolute atomic E-state index is 0.327. The lowest BCUT2D eigenvalue weighted by Crippen LogP contribution is -2.13. The van der Waals surface area contributed by atoms with Gasteiger partial charge in [-0.2, -0.15) is 5.11 Å². The molecule has 6 rings (SSSR count). The molecule has 0 bridgehead atoms. The number of esters is 1. The zero-order chi connectivity index (χ0) is 40.0. The highest BCUT2D eigenvalue weighted by Gasteiger charge is 2.13. The lowest BCUT2D eigenvalue weighted by Gasteiger charge is -2.17. The molecule has 6 aromatic rings. The number of hydrogen-bond acceptors (Lipinski definition) is 9. The topological polar surface area (TPSA) is 112 Å². The molecule has 1 atom stereocenters. The molecule has 6 aromatic carbocycles. The summed E-state index contributed by atoms with van der Waals surface area (Å²) in [5.74, 6) is -0.327. The minimum Gasteiger partial charge on any atom is -0.462 e. The second kappa shape index (κ2) is 19.8. The summed E-state index contributed by atoms with van der Waals surface area (Å²) in [6.07, 6.45) is 11.0. The van der Waals surface area contributed by atoms with Crippen LogP contribution >= 0.6 is 0 Å². The summed E-state index contributed by atoms with van der Waals surface area (Å²) in [5.41, 5.74) is 14.8. The van der Waals surface area contributed by atoms with Gasteiger partial charge >= 0.3 is 5.97 Å². The molecule has 9 nitrogen and oxygen atoms in total. The maximum Gasteiger partial charge on any atom is 0.338 e. The highest BCUT2D eigenvalue weighted by atomic mass is 16.5. The molecule has 0 saturated carbocycles. The zero-order valence-electron chi connectivity index (χ0n) is 33.3. The average Bonchev–Trinajstić information content (AvgIpc) is 3.25. The molecule has 0 heterocycles. The quantitative estimate of drug-likeness (QED) is 0.0350. The van der Waals surface area contributed by atoms with Crippen LogP contribution in [-0.4, -0.2) is 18.6 Å². The molecule has 0 saturated heterocycles. The Bertz CT molecular complexity index is 2420. The lowest BCUT2D eigenvalue weighted by molar-refractivity contribution is 0.0498. The number of ether oxygens (including phenoxy) is 1. The number of hydrazine groups is 1. The van der Waals surface area contributed by atoms with Crippen molar-refractivity contribution in [3.05, 3.63) is 139 Å². The first-order chi connectivity index (χ1) is 27.9. The molecular formula is C48H51N7O2. The maximum absolute atomic E-state index is 12.4. The first-order valence-corrected chi connectivity index (χ1v) is 19.8. The number of benzene rings is 6. The molecule has 3 N–H and O–H groups in total. The Morgan fingerprint density at radius 3 is 1.88 bits per heavy atom. The number of allylic oxidation sites excluding steroid dienone is 1. The van der Waals surface area contributed by atoms with E-state index in [0.717, 1.165) is 93.2 Å². The van der Waals surface area contributed by atoms with Gasteiger partial charge in [-0.15, -0.1) is 15.3 Å². The van der Waals surface area contributed by atoms with E-state index in [0.29, 0.717) is 29.6 Å². The summed E-state index contributed by atoms with van der Waals surface area (Å²) < 4.78 is 5.42. The van der Waals surface area contributed by atoms with Crippen molar-refractivity contribution in [2.45, 2.75) is 65.8 Å². The first kappa shape index (κ1) is 40.1. The van der Waals surface area contributed by atoms with Gasteiger partial charge < -0.3 is 20.9 Å². The smallest absolute Gasteiger partial charge is 0.338 e. The number of nitrogens with zero attached hydrogens (tertiary/aromatic N) is 4. The van der Waals surface area contributed by atoms with E-state index in [-0.39, 0.29) is 5.97 Å². The van der Waals surface area contributed by atoms with Crippen LogP contribution in [0.5, 0.6) is 0 Å². The summed E-state index contributed by atoms with van der Waals surface area (Å²) in [7, 11) is 0. The monoisotopic (exact) mass is 757 g/mol. The van der Waals surface area contributed by atoms with Gasteiger partial charge in [0.2, 0.25) is 0 Å². The normalized spacial score (nSPS) is 12.1. The Morgan fingerprint density at radius 2 is 1.25 bits per heavy atom. The van der Waals surface area contributed by atoms with Gasteiger partial charge in [-0.1, -0.05) is 106 Å². The van der Waals surface area contributed by atoms with E-state index in [9.17, 15) is 4.79 Å². The van der Waals surface area contributed by atoms with Crippen molar-refractivity contribution in [1.29, 1.82) is 0 Å². The molecular weight excluding hydrogens is 707 g/mol. The van der Waals surface area contributed by atoms with Crippen LogP contribution in [0.2, 0.25) is 0 Å². The summed E-state index contributed by atoms with van der Waals surface area (Å²) in [4.78, 5) is 12.4. The van der Waals surface area contributed by atoms with Crippen LogP contribution in [0, 0.1) is 0 Å². The zero-order valence-corrected chi connectivity index (χ0v) is 33.3. The van der Waals surface area contributed by atoms with Crippen LogP contribution in [0.25, 0.3) is 33.7 Å². The highest BCUT2D eigenvalue weighted by molar-refractivity contribution is 6.02. The Hall–Kier alpha value is -6.61. The average molecular weight is 758 g/mol. The number of unbranched alkanes of at least 4 members (excludes halogenated alkanes) is 3. The number of nitrogens with one attached hydrogen (secondary N) is 3. The molecule has 0 aliphatic heterocycles. The van der Waals surface area contributed by atoms with Gasteiger partial charge in [0.1, 0.15) is 0 Å². The molecule has 9 heteroatoms. The van der Waals surface area contributed by atoms with Gasteiger partial charge in [0.15, 0.2) is 0 Å². The summed E-state index contributed by atoms with van der Waals surface area (Å²) >= 11 is 0. The van der Waals surface area contributed by atoms with E-state index in [1.807, 2.05) is 67.6 Å². The van der Waals surface area contributed by atoms with Crippen LogP contribution in [0.4, 0.5) is 39.8 Å². The standard InChI is InChI=1S/C48H51N7O2/c1-6-10-11-16-32-57-48(56)34-22-24-35(25-23-34)50-51-43-28-29-44(37(17-7-2)36(43)9-4)52-54-46-30-31-47(41-21-15-14-20-40(41)46)55-53-45-27-26-42(49-33(5)8-3)38-18-12-13-19-39(38)45/h7,9,12-15,17-31,33,49,52,54H,4,6,8,10-11,16,32H2,1-3,5H3/b17-7-,51-50+,55-53+. The molecule has 0 amide bonds. The predicted octanol–water partition coefficient (Wildman–Crippen LogP) is 14.9. The fourth-order valence-corrected chi connectivity index (χ4v) is 6.52. The van der Waals surface area contributed by atoms with E-state index >= 15 is 0 Å². The van der Waals surface area contributed by atoms with E-state index in [1.54, 1.807) is 30.3 Å². The number of azo groups is 2. The number of carbonyl (C=O) groups excluding carboxylic acids is 1. The van der Waals surface area contributed by atoms with E-state index in [2.05, 4.69) is 90.1 Å². The highest BCUT2D eigenvalue weighted by Crippen LogP contribution is 2.37. The van der Waals surface area contributed by atoms with Crippen LogP contribution in [0.3, 0.4) is 0 Å². The van der Waals surface area contributed by atoms with Crippen molar-refractivity contribution in [2.24, 2.45) is 20.5 Å². The Balaban J connectivity index is 1.19. The predicted molar refractivity (Wildman–Crippen MR) is 239 cm³/mol. The third-order valence-electron chi connectivity index (χ3n) is 9.82. The van der Waals surface area contributed by atoms with E-state index < -0.39 is 0 Å². The van der Waals surface area contributed by atoms with Crippen molar-refractivity contribution >= 4 is 79.5 Å². The van der Waals surface area contributed by atoms with Crippen molar-refractivity contribution in [1.82, 2.24) is 0 Å². The van der Waals surface area contributed by atoms with E-state index in [1.165, 1.54) is 0 Å². The van der Waals surface area contributed by atoms with Crippen molar-refractivity contribution in [3.8, 4) is 0 Å². The molecule has 0 fully saturated rings. The van der Waals surface area contributed by atoms with Crippen molar-refractivity contribution in [3.63, 3.8) is 0 Å². The first-order valence-electron chi connectivity index (χ1n) is 19.8. The third-order valence-corrected chi connectivity index (χ3v) is 9.82. The molecule has 0 radical (unpaired) electrons. The van der Waals surface area contributed by atoms with Gasteiger partial charge in [-0.3, -0.25) is 0 Å². The van der Waals surface area contributed by atoms with Crippen LogP contribution < -0.4 is 16.2 Å². The SMILES string of the molecule is C=Cc1c(/N=N/c2ccc(C(=O)OCCCCCC)cc2)ccc(NNc2ccc(/N=N/c3ccc(NC(C)CC)c4ccccc34)c3ccccc23)c1/C=C\C. The number of anilines is 3. The fraction of sp³-hybridized carbons (Fsp3) is 0.229. The largest absolute Gasteiger partial charge is 0.462 e. The van der Waals surface area contributed by atoms with Crippen molar-refractivity contribution in [2.75, 3.05) is 22.8 Å². The Kier molecular flexibility index (Phi) is 13.9. The van der Waals surface area contributed by atoms with Crippen LogP contribution in [0.1, 0.15) is 81.3 Å². The number of fused-ring (bicyclic) bond motifs is 2. The number of carbonyl (C=O) groups is 1. The van der Waals surface area contributed by atoms with Gasteiger partial charge in [0, 0.05) is 44.4 Å². The molecule has 0 spiro atoms. The lowest BCUT2D eigenvalue weighted by atomic mass is 10.0. The number of rotatable bonds is 18. The molecule has 0 aliphatic carbocycles. The second-order valence-electron chi connectivity index (χ2n) is 13.9. The van der Waals surface area contributed by atoms with Gasteiger partial charge in [0.05, 0.1) is 46.3 Å². The van der Waals surface area contributed by atoms with E-state index in [4.69, 9.17) is 15.0 Å². The molecule has 1 unspecified atom stereocenters. The molecule has 57 heavy (non-hydrogen) atoms. The van der Waals surface area contributed by atoms with Crippen LogP contribution in [0.15, 0.2) is 142 Å². The summed E-state index contributed by atoms with van der Waals surface area (Å²) in [6, 6.07) is 35.7. The van der Waals surface area contributed by atoms with Crippen molar-refractivity contribution < 1.29 is 9.53 Å². The Morgan fingerprint density at radius 1 is 0.667 bits per heavy atom. The third kappa shape index (κ3) is 9.99. The molecule has 0 aromatic heterocycles. The summed E-state index contributed by atoms with van der Waals surface area (Å²) in [6.45, 7) is 13.0. The maximum atomic E-state index is 12.4. The minimum atomic E-state index is -0.327. The molecule has 290 valence electrons. The second-order valence-corrected chi connectivity index (χ2v) is 13.9. The van der Waals surface area contributed by atoms with Crippen LogP contribution in [-0.2, 0) is 4.74 Å². The fourth-order valence-electron chi connectivity index (χ4n) is 6.52.